The number of nitrogens with one attached hydrogen (secondary N) is 2. The third kappa shape index (κ3) is 6.20. The van der Waals surface area contributed by atoms with Crippen LogP contribution in [0.25, 0.3) is 0 Å². The lowest BCUT2D eigenvalue weighted by atomic mass is 10.1. The van der Waals surface area contributed by atoms with Crippen molar-refractivity contribution >= 4 is 6.03 Å². The molecule has 0 saturated heterocycles. The van der Waals surface area contributed by atoms with Crippen molar-refractivity contribution in [1.29, 1.82) is 0 Å². The zero-order valence-corrected chi connectivity index (χ0v) is 14.2. The van der Waals surface area contributed by atoms with Crippen molar-refractivity contribution in [2.24, 2.45) is 5.92 Å². The molecule has 23 heavy (non-hydrogen) atoms. The first-order valence-electron chi connectivity index (χ1n) is 8.49. The van der Waals surface area contributed by atoms with Crippen molar-refractivity contribution in [3.8, 4) is 0 Å². The minimum absolute atomic E-state index is 0.0669. The average Bonchev–Trinajstić information content (AvgIpc) is 2.91. The number of nitrogens with zero attached hydrogens (tertiary/aromatic N) is 1. The van der Waals surface area contributed by atoms with Gasteiger partial charge in [-0.15, -0.1) is 0 Å². The number of amides is 2. The van der Waals surface area contributed by atoms with Gasteiger partial charge in [-0.05, 0) is 32.4 Å². The Balaban J connectivity index is 1.65. The smallest absolute Gasteiger partial charge is 0.315 e. The summed E-state index contributed by atoms with van der Waals surface area (Å²) in [6, 6.07) is 10.2. The monoisotopic (exact) mass is 319 g/mol. The van der Waals surface area contributed by atoms with Crippen molar-refractivity contribution in [2.45, 2.75) is 44.9 Å². The summed E-state index contributed by atoms with van der Waals surface area (Å²) in [6.45, 7) is 4.21. The van der Waals surface area contributed by atoms with E-state index in [2.05, 4.69) is 34.7 Å². The maximum Gasteiger partial charge on any atom is 0.315 e. The Labute approximate surface area is 139 Å². The summed E-state index contributed by atoms with van der Waals surface area (Å²) >= 11 is 0. The van der Waals surface area contributed by atoms with Crippen molar-refractivity contribution < 1.29 is 9.90 Å². The highest BCUT2D eigenvalue weighted by molar-refractivity contribution is 5.74. The van der Waals surface area contributed by atoms with Crippen molar-refractivity contribution in [3.05, 3.63) is 35.9 Å². The zero-order valence-electron chi connectivity index (χ0n) is 14.2. The molecule has 0 aliphatic heterocycles. The molecule has 128 valence electrons. The predicted octanol–water partition coefficient (Wildman–Crippen LogP) is 1.97. The fourth-order valence-corrected chi connectivity index (χ4v) is 3.23. The molecule has 3 N–H and O–H groups in total. The van der Waals surface area contributed by atoms with E-state index in [4.69, 9.17) is 0 Å². The maximum atomic E-state index is 11.9. The molecule has 3 atom stereocenters. The summed E-state index contributed by atoms with van der Waals surface area (Å²) in [4.78, 5) is 14.1. The quantitative estimate of drug-likeness (QED) is 0.720. The normalized spacial score (nSPS) is 22.1. The zero-order chi connectivity index (χ0) is 16.7. The molecule has 5 nitrogen and oxygen atoms in total. The van der Waals surface area contributed by atoms with Gasteiger partial charge in [-0.25, -0.2) is 4.79 Å². The molecule has 0 spiro atoms. The molecule has 5 heteroatoms. The van der Waals surface area contributed by atoms with Gasteiger partial charge in [0, 0.05) is 31.6 Å². The minimum Gasteiger partial charge on any atom is -0.393 e. The molecular formula is C18H29N3O2. The molecule has 0 radical (unpaired) electrons. The summed E-state index contributed by atoms with van der Waals surface area (Å²) in [5.74, 6) is 0.205. The maximum absolute atomic E-state index is 11.9. The SMILES string of the molecule is C[C@H](CN(C)Cc1ccccc1)NC(=O)NC[C@H]1CCC[C@@H]1O. The molecule has 0 unspecified atom stereocenters. The molecule has 0 aromatic heterocycles. The van der Waals surface area contributed by atoms with Gasteiger partial charge in [-0.1, -0.05) is 36.8 Å². The van der Waals surface area contributed by atoms with E-state index < -0.39 is 0 Å². The van der Waals surface area contributed by atoms with Gasteiger partial charge in [-0.3, -0.25) is 0 Å². The molecule has 0 bridgehead atoms. The molecular weight excluding hydrogens is 290 g/mol. The van der Waals surface area contributed by atoms with Crippen LogP contribution in [0.5, 0.6) is 0 Å². The summed E-state index contributed by atoms with van der Waals surface area (Å²) in [6.07, 6.45) is 2.64. The van der Waals surface area contributed by atoms with Gasteiger partial charge in [0.1, 0.15) is 0 Å². The third-order valence-corrected chi connectivity index (χ3v) is 4.40. The molecule has 1 aromatic rings. The Morgan fingerprint density at radius 3 is 2.74 bits per heavy atom. The summed E-state index contributed by atoms with van der Waals surface area (Å²) in [5.41, 5.74) is 1.27. The number of hydrogen-bond acceptors (Lipinski definition) is 3. The van der Waals surface area contributed by atoms with Crippen LogP contribution in [0.4, 0.5) is 4.79 Å². The molecule has 2 amide bonds. The Bertz CT molecular complexity index is 480. The lowest BCUT2D eigenvalue weighted by Crippen LogP contribution is -2.46. The lowest BCUT2D eigenvalue weighted by Gasteiger charge is -2.23. The van der Waals surface area contributed by atoms with Crippen LogP contribution in [0.3, 0.4) is 0 Å². The average molecular weight is 319 g/mol. The Morgan fingerprint density at radius 1 is 1.35 bits per heavy atom. The van der Waals surface area contributed by atoms with E-state index in [0.29, 0.717) is 6.54 Å². The second-order valence-electron chi connectivity index (χ2n) is 6.70. The van der Waals surface area contributed by atoms with E-state index in [1.54, 1.807) is 0 Å². The van der Waals surface area contributed by atoms with Crippen LogP contribution in [-0.4, -0.2) is 48.3 Å². The number of aliphatic hydroxyl groups is 1. The fourth-order valence-electron chi connectivity index (χ4n) is 3.23. The van der Waals surface area contributed by atoms with Crippen LogP contribution >= 0.6 is 0 Å². The molecule has 1 fully saturated rings. The largest absolute Gasteiger partial charge is 0.393 e. The van der Waals surface area contributed by atoms with Gasteiger partial charge in [-0.2, -0.15) is 0 Å². The third-order valence-electron chi connectivity index (χ3n) is 4.40. The van der Waals surface area contributed by atoms with Crippen molar-refractivity contribution in [1.82, 2.24) is 15.5 Å². The molecule has 2 rings (SSSR count). The van der Waals surface area contributed by atoms with E-state index in [-0.39, 0.29) is 24.1 Å². The van der Waals surface area contributed by atoms with Gasteiger partial charge >= 0.3 is 6.03 Å². The minimum atomic E-state index is -0.260. The first kappa shape index (κ1) is 17.8. The first-order valence-corrected chi connectivity index (χ1v) is 8.49. The number of carbonyl (C=O) groups is 1. The highest BCUT2D eigenvalue weighted by Gasteiger charge is 2.25. The van der Waals surface area contributed by atoms with E-state index in [0.717, 1.165) is 32.4 Å². The van der Waals surface area contributed by atoms with Crippen LogP contribution < -0.4 is 10.6 Å². The molecule has 0 heterocycles. The van der Waals surface area contributed by atoms with Crippen LogP contribution in [0.15, 0.2) is 30.3 Å². The summed E-state index contributed by atoms with van der Waals surface area (Å²) < 4.78 is 0. The number of rotatable bonds is 7. The second kappa shape index (κ2) is 8.89. The van der Waals surface area contributed by atoms with Crippen molar-refractivity contribution in [2.75, 3.05) is 20.1 Å². The van der Waals surface area contributed by atoms with E-state index >= 15 is 0 Å². The Hall–Kier alpha value is -1.59. The molecule has 1 aliphatic rings. The van der Waals surface area contributed by atoms with E-state index in [1.807, 2.05) is 25.1 Å². The van der Waals surface area contributed by atoms with Crippen LogP contribution in [0, 0.1) is 5.92 Å². The van der Waals surface area contributed by atoms with Crippen LogP contribution in [0.2, 0.25) is 0 Å². The number of aliphatic hydroxyl groups excluding tert-OH is 1. The van der Waals surface area contributed by atoms with E-state index in [1.165, 1.54) is 5.56 Å². The molecule has 1 saturated carbocycles. The van der Waals surface area contributed by atoms with E-state index in [9.17, 15) is 9.90 Å². The number of urea groups is 1. The number of carbonyl (C=O) groups excluding carboxylic acids is 1. The fraction of sp³-hybridized carbons (Fsp3) is 0.611. The second-order valence-corrected chi connectivity index (χ2v) is 6.70. The Kier molecular flexibility index (Phi) is 6.86. The number of benzene rings is 1. The topological polar surface area (TPSA) is 64.6 Å². The number of likely N-dealkylation sites (N-methyl/N-ethyl adjacent to an activating group) is 1. The van der Waals surface area contributed by atoms with Gasteiger partial charge < -0.3 is 20.6 Å². The van der Waals surface area contributed by atoms with Crippen LogP contribution in [0.1, 0.15) is 31.7 Å². The predicted molar refractivity (Wildman–Crippen MR) is 92.1 cm³/mol. The lowest BCUT2D eigenvalue weighted by molar-refractivity contribution is 0.132. The summed E-state index contributed by atoms with van der Waals surface area (Å²) in [7, 11) is 2.05. The summed E-state index contributed by atoms with van der Waals surface area (Å²) in [5, 5.41) is 15.6. The molecule has 1 aliphatic carbocycles. The highest BCUT2D eigenvalue weighted by Crippen LogP contribution is 2.24. The molecule has 1 aromatic carbocycles. The highest BCUT2D eigenvalue weighted by atomic mass is 16.3. The van der Waals surface area contributed by atoms with Gasteiger partial charge in [0.05, 0.1) is 6.10 Å². The first-order chi connectivity index (χ1) is 11.0. The van der Waals surface area contributed by atoms with Crippen LogP contribution in [-0.2, 0) is 6.54 Å². The van der Waals surface area contributed by atoms with Gasteiger partial charge in [0.25, 0.3) is 0 Å². The van der Waals surface area contributed by atoms with Gasteiger partial charge in [0.15, 0.2) is 0 Å². The Morgan fingerprint density at radius 2 is 2.09 bits per heavy atom. The van der Waals surface area contributed by atoms with Gasteiger partial charge in [0.2, 0.25) is 0 Å². The standard InChI is InChI=1S/C18H29N3O2/c1-14(12-21(2)13-15-7-4-3-5-8-15)20-18(23)19-11-16-9-6-10-17(16)22/h3-5,7-8,14,16-17,22H,6,9-13H2,1-2H3,(H2,19,20,23)/t14-,16-,17+/m1/s1. The van der Waals surface area contributed by atoms with Crippen molar-refractivity contribution in [3.63, 3.8) is 0 Å². The number of hydrogen-bond donors (Lipinski definition) is 3.